The number of amides is 1. The quantitative estimate of drug-likeness (QED) is 0.430. The number of carbonyl (C=O) groups excluding carboxylic acids is 2. The summed E-state index contributed by atoms with van der Waals surface area (Å²) in [5.41, 5.74) is 1.20. The van der Waals surface area contributed by atoms with Crippen LogP contribution in [0, 0.1) is 0 Å². The smallest absolute Gasteiger partial charge is 0.295 e. The molecule has 1 saturated heterocycles. The minimum absolute atomic E-state index is 0.0668. The van der Waals surface area contributed by atoms with Gasteiger partial charge in [-0.25, -0.2) is 0 Å². The molecule has 1 amide bonds. The van der Waals surface area contributed by atoms with Crippen molar-refractivity contribution >= 4 is 17.4 Å². The first-order valence-corrected chi connectivity index (χ1v) is 9.59. The van der Waals surface area contributed by atoms with Crippen molar-refractivity contribution in [3.8, 4) is 11.5 Å². The van der Waals surface area contributed by atoms with Crippen LogP contribution in [-0.2, 0) is 9.59 Å². The van der Waals surface area contributed by atoms with Gasteiger partial charge in [0.2, 0.25) is 0 Å². The summed E-state index contributed by atoms with van der Waals surface area (Å²) in [5.74, 6) is -0.337. The van der Waals surface area contributed by atoms with Crippen LogP contribution in [0.15, 0.2) is 54.1 Å². The number of aliphatic hydroxyl groups is 1. The molecule has 1 heterocycles. The van der Waals surface area contributed by atoms with E-state index in [1.165, 1.54) is 12.0 Å². The number of likely N-dealkylation sites (N-methyl/N-ethyl adjacent to an activating group) is 1. The summed E-state index contributed by atoms with van der Waals surface area (Å²) >= 11 is 0. The third kappa shape index (κ3) is 4.16. The Kier molecular flexibility index (Phi) is 6.42. The van der Waals surface area contributed by atoms with Gasteiger partial charge in [0, 0.05) is 18.7 Å². The van der Waals surface area contributed by atoms with Crippen molar-refractivity contribution in [1.29, 1.82) is 0 Å². The van der Waals surface area contributed by atoms with Gasteiger partial charge in [-0.15, -0.1) is 0 Å². The molecule has 0 spiro atoms. The van der Waals surface area contributed by atoms with Crippen molar-refractivity contribution in [3.63, 3.8) is 0 Å². The monoisotopic (exact) mass is 410 g/mol. The van der Waals surface area contributed by atoms with Crippen LogP contribution in [0.3, 0.4) is 0 Å². The van der Waals surface area contributed by atoms with E-state index in [9.17, 15) is 14.7 Å². The minimum Gasteiger partial charge on any atom is -0.507 e. The summed E-state index contributed by atoms with van der Waals surface area (Å²) in [6.45, 7) is 0.933. The number of aliphatic hydroxyl groups excluding tert-OH is 1. The van der Waals surface area contributed by atoms with Crippen LogP contribution in [0.5, 0.6) is 11.5 Å². The Morgan fingerprint density at radius 2 is 1.70 bits per heavy atom. The highest BCUT2D eigenvalue weighted by molar-refractivity contribution is 6.46. The van der Waals surface area contributed by atoms with Crippen molar-refractivity contribution in [3.05, 3.63) is 65.2 Å². The minimum atomic E-state index is -0.699. The van der Waals surface area contributed by atoms with Crippen molar-refractivity contribution in [1.82, 2.24) is 9.80 Å². The van der Waals surface area contributed by atoms with Gasteiger partial charge >= 0.3 is 0 Å². The largest absolute Gasteiger partial charge is 0.507 e. The van der Waals surface area contributed by atoms with Gasteiger partial charge in [-0.3, -0.25) is 9.59 Å². The average Bonchev–Trinajstić information content (AvgIpc) is 3.02. The molecule has 0 bridgehead atoms. The zero-order valence-corrected chi connectivity index (χ0v) is 17.6. The fraction of sp³-hybridized carbons (Fsp3) is 0.304. The molecule has 3 rings (SSSR count). The SMILES string of the molecule is COc1ccc([C@H]2C(=C(O)c3cccc(OC)c3)C(=O)C(=O)N2CCN(C)C)cc1. The van der Waals surface area contributed by atoms with E-state index in [0.29, 0.717) is 30.2 Å². The van der Waals surface area contributed by atoms with Crippen LogP contribution in [0.2, 0.25) is 0 Å². The molecule has 0 aliphatic carbocycles. The number of nitrogens with zero attached hydrogens (tertiary/aromatic N) is 2. The van der Waals surface area contributed by atoms with Crippen LogP contribution in [0.25, 0.3) is 5.76 Å². The number of hydrogen-bond donors (Lipinski definition) is 1. The predicted octanol–water partition coefficient (Wildman–Crippen LogP) is 2.69. The topological polar surface area (TPSA) is 79.3 Å². The molecule has 1 aliphatic rings. The number of likely N-dealkylation sites (tertiary alicyclic amines) is 1. The number of carbonyl (C=O) groups is 2. The molecule has 7 nitrogen and oxygen atoms in total. The van der Waals surface area contributed by atoms with E-state index >= 15 is 0 Å². The van der Waals surface area contributed by atoms with Gasteiger partial charge in [0.1, 0.15) is 17.3 Å². The van der Waals surface area contributed by atoms with Gasteiger partial charge in [-0.05, 0) is 43.9 Å². The van der Waals surface area contributed by atoms with Crippen molar-refractivity contribution < 1.29 is 24.2 Å². The van der Waals surface area contributed by atoms with Crippen LogP contribution >= 0.6 is 0 Å². The first-order valence-electron chi connectivity index (χ1n) is 9.59. The van der Waals surface area contributed by atoms with E-state index in [1.54, 1.807) is 55.6 Å². The summed E-state index contributed by atoms with van der Waals surface area (Å²) < 4.78 is 10.4. The van der Waals surface area contributed by atoms with Crippen molar-refractivity contribution in [2.75, 3.05) is 41.4 Å². The lowest BCUT2D eigenvalue weighted by atomic mass is 9.95. The molecule has 1 atom stereocenters. The molecule has 30 heavy (non-hydrogen) atoms. The van der Waals surface area contributed by atoms with Crippen LogP contribution in [0.1, 0.15) is 17.2 Å². The molecule has 1 fully saturated rings. The van der Waals surface area contributed by atoms with E-state index in [4.69, 9.17) is 9.47 Å². The molecule has 1 aliphatic heterocycles. The summed E-state index contributed by atoms with van der Waals surface area (Å²) in [6, 6.07) is 13.2. The zero-order valence-electron chi connectivity index (χ0n) is 17.6. The number of ether oxygens (including phenoxy) is 2. The highest BCUT2D eigenvalue weighted by Crippen LogP contribution is 2.40. The predicted molar refractivity (Wildman–Crippen MR) is 114 cm³/mol. The van der Waals surface area contributed by atoms with Crippen LogP contribution in [0.4, 0.5) is 0 Å². The highest BCUT2D eigenvalue weighted by Gasteiger charge is 2.45. The molecule has 0 radical (unpaired) electrons. The molecule has 0 unspecified atom stereocenters. The average molecular weight is 410 g/mol. The Morgan fingerprint density at radius 3 is 2.30 bits per heavy atom. The lowest BCUT2D eigenvalue weighted by molar-refractivity contribution is -0.140. The summed E-state index contributed by atoms with van der Waals surface area (Å²) in [5, 5.41) is 11.0. The second kappa shape index (κ2) is 9.00. The van der Waals surface area contributed by atoms with Gasteiger partial charge in [-0.1, -0.05) is 24.3 Å². The maximum atomic E-state index is 13.0. The maximum Gasteiger partial charge on any atom is 0.295 e. The second-order valence-electron chi connectivity index (χ2n) is 7.30. The second-order valence-corrected chi connectivity index (χ2v) is 7.30. The highest BCUT2D eigenvalue weighted by atomic mass is 16.5. The standard InChI is InChI=1S/C23H26N2O5/c1-24(2)12-13-25-20(15-8-10-17(29-3)11-9-15)19(22(27)23(25)28)21(26)16-6-5-7-18(14-16)30-4/h5-11,14,20,26H,12-13H2,1-4H3/t20-/m0/s1. The first kappa shape index (κ1) is 21.4. The molecule has 7 heteroatoms. The van der Waals surface area contributed by atoms with E-state index in [0.717, 1.165) is 5.56 Å². The summed E-state index contributed by atoms with van der Waals surface area (Å²) in [4.78, 5) is 29.3. The zero-order chi connectivity index (χ0) is 21.8. The fourth-order valence-electron chi connectivity index (χ4n) is 3.48. The molecule has 158 valence electrons. The molecular formula is C23H26N2O5. The summed E-state index contributed by atoms with van der Waals surface area (Å²) in [6.07, 6.45) is 0. The van der Waals surface area contributed by atoms with Gasteiger partial charge < -0.3 is 24.4 Å². The van der Waals surface area contributed by atoms with Crippen LogP contribution < -0.4 is 9.47 Å². The third-order valence-electron chi connectivity index (χ3n) is 5.10. The lowest BCUT2D eigenvalue weighted by Crippen LogP contribution is -2.35. The van der Waals surface area contributed by atoms with Crippen LogP contribution in [-0.4, -0.2) is 68.0 Å². The fourth-order valence-corrected chi connectivity index (χ4v) is 3.48. The number of rotatable bonds is 7. The molecule has 2 aromatic carbocycles. The van der Waals surface area contributed by atoms with Crippen molar-refractivity contribution in [2.45, 2.75) is 6.04 Å². The number of ketones is 1. The number of methoxy groups -OCH3 is 2. The van der Waals surface area contributed by atoms with E-state index in [2.05, 4.69) is 0 Å². The number of hydrogen-bond acceptors (Lipinski definition) is 6. The van der Waals surface area contributed by atoms with Gasteiger partial charge in [0.25, 0.3) is 11.7 Å². The van der Waals surface area contributed by atoms with Gasteiger partial charge in [-0.2, -0.15) is 0 Å². The maximum absolute atomic E-state index is 13.0. The first-order chi connectivity index (χ1) is 14.4. The Bertz CT molecular complexity index is 966. The molecule has 1 N–H and O–H groups in total. The third-order valence-corrected chi connectivity index (χ3v) is 5.10. The van der Waals surface area contributed by atoms with E-state index in [-0.39, 0.29) is 11.3 Å². The molecule has 0 aromatic heterocycles. The number of benzene rings is 2. The van der Waals surface area contributed by atoms with E-state index in [1.807, 2.05) is 19.0 Å². The van der Waals surface area contributed by atoms with Gasteiger partial charge in [0.05, 0.1) is 25.8 Å². The van der Waals surface area contributed by atoms with E-state index < -0.39 is 17.7 Å². The summed E-state index contributed by atoms with van der Waals surface area (Å²) in [7, 11) is 6.89. The van der Waals surface area contributed by atoms with Crippen molar-refractivity contribution in [2.24, 2.45) is 0 Å². The Balaban J connectivity index is 2.13. The van der Waals surface area contributed by atoms with Gasteiger partial charge in [0.15, 0.2) is 0 Å². The molecule has 2 aromatic rings. The molecule has 0 saturated carbocycles. The normalized spacial score (nSPS) is 18.2. The molecular weight excluding hydrogens is 384 g/mol. The Hall–Kier alpha value is -3.32. The number of Topliss-reactive ketones (excluding diaryl/α,β-unsaturated/α-hetero) is 1. The Morgan fingerprint density at radius 1 is 1.03 bits per heavy atom. The lowest BCUT2D eigenvalue weighted by Gasteiger charge is -2.26. The Labute approximate surface area is 176 Å².